The van der Waals surface area contributed by atoms with Gasteiger partial charge in [-0.05, 0) is 39.7 Å². The lowest BCUT2D eigenvalue weighted by Crippen LogP contribution is -2.42. The minimum Gasteiger partial charge on any atom is -0.379 e. The number of amides is 1. The third-order valence-corrected chi connectivity index (χ3v) is 7.83. The monoisotopic (exact) mass is 574 g/mol. The third kappa shape index (κ3) is 4.71. The van der Waals surface area contributed by atoms with Crippen LogP contribution in [0.1, 0.15) is 39.0 Å². The molecule has 1 aromatic carbocycles. The fourth-order valence-electron chi connectivity index (χ4n) is 5.85. The van der Waals surface area contributed by atoms with Crippen LogP contribution < -0.4 is 10.6 Å². The fourth-order valence-corrected chi connectivity index (χ4v) is 5.85. The zero-order valence-corrected chi connectivity index (χ0v) is 24.0. The number of carbonyl (C=O) groups excluding carboxylic acids is 1. The van der Waals surface area contributed by atoms with Crippen molar-refractivity contribution in [2.24, 2.45) is 0 Å². The van der Waals surface area contributed by atoms with E-state index in [1.54, 1.807) is 17.1 Å². The number of benzene rings is 1. The van der Waals surface area contributed by atoms with E-state index in [0.717, 1.165) is 23.1 Å². The van der Waals surface area contributed by atoms with Gasteiger partial charge >= 0.3 is 0 Å². The number of imidazole rings is 1. The first-order chi connectivity index (χ1) is 20.3. The van der Waals surface area contributed by atoms with E-state index in [9.17, 15) is 4.79 Å². The number of aryl methyl sites for hydroxylation is 1. The summed E-state index contributed by atoms with van der Waals surface area (Å²) in [6.07, 6.45) is 1.57. The summed E-state index contributed by atoms with van der Waals surface area (Å²) in [4.78, 5) is 27.6. The minimum absolute atomic E-state index is 0.0843. The Kier molecular flexibility index (Phi) is 6.69. The zero-order chi connectivity index (χ0) is 29.0. The summed E-state index contributed by atoms with van der Waals surface area (Å²) in [6, 6.07) is 8.30. The van der Waals surface area contributed by atoms with Crippen LogP contribution in [0, 0.1) is 6.92 Å². The van der Waals surface area contributed by atoms with Crippen molar-refractivity contribution in [1.29, 1.82) is 0 Å². The summed E-state index contributed by atoms with van der Waals surface area (Å²) < 4.78 is 26.2. The van der Waals surface area contributed by atoms with Gasteiger partial charge in [0.05, 0.1) is 25.2 Å². The van der Waals surface area contributed by atoms with Crippen LogP contribution in [0.2, 0.25) is 0 Å². The van der Waals surface area contributed by atoms with Crippen molar-refractivity contribution < 1.29 is 23.7 Å². The Morgan fingerprint density at radius 1 is 1.17 bits per heavy atom. The molecule has 220 valence electrons. The van der Waals surface area contributed by atoms with Gasteiger partial charge in [0.15, 0.2) is 40.9 Å². The van der Waals surface area contributed by atoms with Crippen LogP contribution in [0.15, 0.2) is 36.8 Å². The molecular weight excluding hydrogens is 540 g/mol. The summed E-state index contributed by atoms with van der Waals surface area (Å²) in [5, 5.41) is 13.8. The Balaban J connectivity index is 1.34. The first kappa shape index (κ1) is 27.0. The van der Waals surface area contributed by atoms with E-state index < -0.39 is 30.3 Å². The number of nitrogens with one attached hydrogen (secondary N) is 3. The number of carbonyl (C=O) groups is 1. The van der Waals surface area contributed by atoms with Crippen molar-refractivity contribution >= 4 is 22.9 Å². The Hall–Kier alpha value is -3.91. The van der Waals surface area contributed by atoms with Crippen LogP contribution in [0.25, 0.3) is 33.8 Å². The zero-order valence-electron chi connectivity index (χ0n) is 24.0. The van der Waals surface area contributed by atoms with Crippen molar-refractivity contribution in [3.05, 3.63) is 42.4 Å². The molecule has 0 aliphatic carbocycles. The number of aromatic nitrogens is 6. The highest BCUT2D eigenvalue weighted by molar-refractivity contribution is 5.87. The van der Waals surface area contributed by atoms with Gasteiger partial charge in [-0.2, -0.15) is 5.10 Å². The maximum Gasteiger partial charge on any atom is 0.252 e. The van der Waals surface area contributed by atoms with Crippen molar-refractivity contribution in [1.82, 2.24) is 35.0 Å². The van der Waals surface area contributed by atoms with Gasteiger partial charge in [-0.3, -0.25) is 14.5 Å². The molecule has 13 nitrogen and oxygen atoms in total. The van der Waals surface area contributed by atoms with E-state index in [0.29, 0.717) is 48.3 Å². The van der Waals surface area contributed by atoms with Gasteiger partial charge in [-0.25, -0.2) is 15.0 Å². The number of H-pyrrole nitrogens is 1. The van der Waals surface area contributed by atoms with Crippen molar-refractivity contribution in [3.63, 3.8) is 0 Å². The number of hydrogen-bond donors (Lipinski definition) is 3. The third-order valence-electron chi connectivity index (χ3n) is 7.83. The molecule has 3 N–H and O–H groups in total. The highest BCUT2D eigenvalue weighted by atomic mass is 16.8. The van der Waals surface area contributed by atoms with E-state index in [-0.39, 0.29) is 11.9 Å². The average molecular weight is 575 g/mol. The average Bonchev–Trinajstić information content (AvgIpc) is 3.78. The van der Waals surface area contributed by atoms with Crippen molar-refractivity contribution in [2.75, 3.05) is 25.1 Å². The number of anilines is 1. The number of rotatable bonds is 7. The lowest BCUT2D eigenvalue weighted by atomic mass is 10.0. The summed E-state index contributed by atoms with van der Waals surface area (Å²) in [6.45, 7) is 9.31. The SMILES string of the molecule is CCNC(=O)[C@H]1O[C@@H](n2cnc3c(NC4CCOC4)nc(-c4[nH]ncc4-c4ccc(C)cc4)nc32)[C@@H]2OC(C)(C)O[C@H]21. The number of hydrogen-bond acceptors (Lipinski definition) is 10. The second-order valence-electron chi connectivity index (χ2n) is 11.4. The smallest absolute Gasteiger partial charge is 0.252 e. The maximum atomic E-state index is 13.0. The van der Waals surface area contributed by atoms with Crippen LogP contribution >= 0.6 is 0 Å². The molecular formula is C29H34N8O5. The predicted molar refractivity (Wildman–Crippen MR) is 152 cm³/mol. The Bertz CT molecular complexity index is 1610. The number of ether oxygens (including phenoxy) is 4. The Morgan fingerprint density at radius 3 is 2.74 bits per heavy atom. The van der Waals surface area contributed by atoms with E-state index in [1.807, 2.05) is 20.8 Å². The second kappa shape index (κ2) is 10.4. The fraction of sp³-hybridized carbons (Fsp3) is 0.483. The summed E-state index contributed by atoms with van der Waals surface area (Å²) in [5.41, 5.74) is 4.80. The Morgan fingerprint density at radius 2 is 1.98 bits per heavy atom. The summed E-state index contributed by atoms with van der Waals surface area (Å²) >= 11 is 0. The van der Waals surface area contributed by atoms with Crippen LogP contribution in [-0.4, -0.2) is 85.5 Å². The first-order valence-electron chi connectivity index (χ1n) is 14.3. The second-order valence-corrected chi connectivity index (χ2v) is 11.4. The van der Waals surface area contributed by atoms with Crippen molar-refractivity contribution in [3.8, 4) is 22.6 Å². The van der Waals surface area contributed by atoms with Gasteiger partial charge in [0.25, 0.3) is 5.91 Å². The summed E-state index contributed by atoms with van der Waals surface area (Å²) in [7, 11) is 0. The molecule has 0 bridgehead atoms. The largest absolute Gasteiger partial charge is 0.379 e. The normalized spacial score (nSPS) is 26.5. The van der Waals surface area contributed by atoms with E-state index >= 15 is 0 Å². The quantitative estimate of drug-likeness (QED) is 0.301. The molecule has 0 radical (unpaired) electrons. The molecule has 13 heteroatoms. The molecule has 6 heterocycles. The molecule has 1 unspecified atom stereocenters. The predicted octanol–water partition coefficient (Wildman–Crippen LogP) is 2.95. The standard InChI is InChI=1S/C29H34N8O5/c1-5-30-27(38)22-21-23(42-29(3,4)41-21)28(40-22)37-14-31-20-25(33-17-10-11-39-13-17)34-24(35-26(20)37)19-18(12-32-36-19)16-8-6-15(2)7-9-16/h6-9,12,14,17,21-23,28H,5,10-11,13H2,1-4H3,(H,30,38)(H,32,36)(H,33,34,35)/t17?,21-,22-,23+,28+/m0/s1. The van der Waals surface area contributed by atoms with E-state index in [4.69, 9.17) is 33.9 Å². The Labute approximate surface area is 242 Å². The van der Waals surface area contributed by atoms with Gasteiger partial charge in [-0.1, -0.05) is 29.8 Å². The lowest BCUT2D eigenvalue weighted by Gasteiger charge is -2.24. The maximum absolute atomic E-state index is 13.0. The number of likely N-dealkylation sites (N-methyl/N-ethyl adjacent to an activating group) is 1. The molecule has 42 heavy (non-hydrogen) atoms. The van der Waals surface area contributed by atoms with Gasteiger partial charge < -0.3 is 29.6 Å². The van der Waals surface area contributed by atoms with Gasteiger partial charge in [-0.15, -0.1) is 0 Å². The van der Waals surface area contributed by atoms with Crippen LogP contribution in [0.3, 0.4) is 0 Å². The molecule has 3 aliphatic heterocycles. The van der Waals surface area contributed by atoms with Gasteiger partial charge in [0.1, 0.15) is 17.9 Å². The molecule has 0 saturated carbocycles. The number of nitrogens with zero attached hydrogens (tertiary/aromatic N) is 5. The summed E-state index contributed by atoms with van der Waals surface area (Å²) in [5.74, 6) is -0.114. The van der Waals surface area contributed by atoms with Crippen LogP contribution in [0.5, 0.6) is 0 Å². The van der Waals surface area contributed by atoms with Gasteiger partial charge in [0.2, 0.25) is 0 Å². The molecule has 3 aromatic heterocycles. The van der Waals surface area contributed by atoms with Crippen LogP contribution in [-0.2, 0) is 23.7 Å². The molecule has 1 amide bonds. The lowest BCUT2D eigenvalue weighted by molar-refractivity contribution is -0.197. The molecule has 3 fully saturated rings. The van der Waals surface area contributed by atoms with E-state index in [2.05, 4.69) is 52.0 Å². The minimum atomic E-state index is -0.882. The molecule has 3 saturated heterocycles. The highest BCUT2D eigenvalue weighted by Gasteiger charge is 2.58. The van der Waals surface area contributed by atoms with Crippen molar-refractivity contribution in [2.45, 2.75) is 70.5 Å². The molecule has 7 rings (SSSR count). The molecule has 3 aliphatic rings. The molecule has 4 aromatic rings. The highest BCUT2D eigenvalue weighted by Crippen LogP contribution is 2.44. The topological polar surface area (TPSA) is 150 Å². The molecule has 5 atom stereocenters. The number of fused-ring (bicyclic) bond motifs is 2. The van der Waals surface area contributed by atoms with E-state index in [1.165, 1.54) is 0 Å². The molecule has 0 spiro atoms. The van der Waals surface area contributed by atoms with Crippen LogP contribution in [0.4, 0.5) is 5.82 Å². The number of aromatic amines is 1. The first-order valence-corrected chi connectivity index (χ1v) is 14.3. The van der Waals surface area contributed by atoms with Gasteiger partial charge in [0, 0.05) is 18.7 Å².